The molecule has 8 nitrogen and oxygen atoms in total. The zero-order valence-electron chi connectivity index (χ0n) is 22.2. The van der Waals surface area contributed by atoms with E-state index in [1.54, 1.807) is 12.1 Å². The Kier molecular flexibility index (Phi) is 7.84. The lowest BCUT2D eigenvalue weighted by molar-refractivity contribution is -0.384. The number of urea groups is 1. The highest BCUT2D eigenvalue weighted by Crippen LogP contribution is 2.62. The van der Waals surface area contributed by atoms with Crippen LogP contribution in [0.4, 0.5) is 16.2 Å². The van der Waals surface area contributed by atoms with Crippen LogP contribution in [0.2, 0.25) is 0 Å². The molecular weight excluding hydrogens is 466 g/mol. The molecule has 3 atom stereocenters. The second kappa shape index (κ2) is 10.9. The Hall–Kier alpha value is -3.44. The number of nitrogens with zero attached hydrogens (tertiary/aromatic N) is 4. The van der Waals surface area contributed by atoms with Crippen LogP contribution in [0.3, 0.4) is 0 Å². The van der Waals surface area contributed by atoms with E-state index >= 15 is 0 Å². The molecule has 4 rings (SSSR count). The summed E-state index contributed by atoms with van der Waals surface area (Å²) in [6.45, 7) is 10.0. The molecule has 0 bridgehead atoms. The van der Waals surface area contributed by atoms with Gasteiger partial charge < -0.3 is 10.2 Å². The summed E-state index contributed by atoms with van der Waals surface area (Å²) in [6.07, 6.45) is 3.88. The summed E-state index contributed by atoms with van der Waals surface area (Å²) in [5.41, 5.74) is 2.44. The maximum Gasteiger partial charge on any atom is 0.322 e. The van der Waals surface area contributed by atoms with Gasteiger partial charge in [-0.25, -0.2) is 4.79 Å². The highest BCUT2D eigenvalue weighted by molar-refractivity contribution is 5.90. The van der Waals surface area contributed by atoms with E-state index in [0.717, 1.165) is 32.2 Å². The zero-order chi connectivity index (χ0) is 26.7. The third-order valence-corrected chi connectivity index (χ3v) is 8.21. The van der Waals surface area contributed by atoms with E-state index in [0.29, 0.717) is 35.8 Å². The topological polar surface area (TPSA) is 103 Å². The molecule has 2 saturated carbocycles. The number of non-ortho nitro benzene ring substituents is 1. The molecular formula is C29H37N5O3. The Labute approximate surface area is 219 Å². The van der Waals surface area contributed by atoms with Crippen LogP contribution in [-0.2, 0) is 5.41 Å². The minimum atomic E-state index is -0.453. The predicted molar refractivity (Wildman–Crippen MR) is 144 cm³/mol. The van der Waals surface area contributed by atoms with Crippen molar-refractivity contribution in [3.05, 3.63) is 69.8 Å². The van der Waals surface area contributed by atoms with E-state index < -0.39 is 4.92 Å². The summed E-state index contributed by atoms with van der Waals surface area (Å²) < 4.78 is 0. The van der Waals surface area contributed by atoms with Gasteiger partial charge in [-0.15, -0.1) is 0 Å². The lowest BCUT2D eigenvalue weighted by atomic mass is 9.80. The Balaban J connectivity index is 1.51. The third kappa shape index (κ3) is 5.78. The van der Waals surface area contributed by atoms with Crippen LogP contribution in [0, 0.1) is 27.4 Å². The van der Waals surface area contributed by atoms with Crippen LogP contribution in [0.5, 0.6) is 0 Å². The highest BCUT2D eigenvalue weighted by atomic mass is 16.6. The molecule has 2 fully saturated rings. The maximum atomic E-state index is 13.6. The number of hydrogen-bond donors (Lipinski definition) is 1. The number of nitro benzene ring substituents is 1. The standard InChI is InChI=1S/C29H37N5O3/c1-20(2)32(21(3)4)13-14-33(28(35)31-25-9-6-10-27(17-25)34(36)37)26-11-12-29(18-24(29)16-26)23-8-5-7-22(15-23)19-30/h5-10,15,17,20-21,24,26H,11-14,16,18H2,1-4H3,(H,31,35)/t24?,26-,29-/m1/s1. The van der Waals surface area contributed by atoms with Crippen molar-refractivity contribution in [2.24, 2.45) is 5.92 Å². The smallest absolute Gasteiger partial charge is 0.320 e. The summed E-state index contributed by atoms with van der Waals surface area (Å²) in [5.74, 6) is 0.486. The average molecular weight is 504 g/mol. The van der Waals surface area contributed by atoms with Gasteiger partial charge in [0.25, 0.3) is 5.69 Å². The van der Waals surface area contributed by atoms with Crippen molar-refractivity contribution in [2.75, 3.05) is 18.4 Å². The quantitative estimate of drug-likeness (QED) is 0.337. The number of anilines is 1. The zero-order valence-corrected chi connectivity index (χ0v) is 22.2. The monoisotopic (exact) mass is 503 g/mol. The van der Waals surface area contributed by atoms with E-state index in [4.69, 9.17) is 0 Å². The Morgan fingerprint density at radius 2 is 1.89 bits per heavy atom. The molecule has 37 heavy (non-hydrogen) atoms. The molecule has 0 aromatic heterocycles. The fraction of sp³-hybridized carbons (Fsp3) is 0.517. The first-order valence-electron chi connectivity index (χ1n) is 13.2. The van der Waals surface area contributed by atoms with Crippen LogP contribution in [-0.4, -0.2) is 52.0 Å². The first-order chi connectivity index (χ1) is 17.6. The predicted octanol–water partition coefficient (Wildman–Crippen LogP) is 5.93. The molecule has 0 spiro atoms. The van der Waals surface area contributed by atoms with E-state index in [-0.39, 0.29) is 23.2 Å². The molecule has 1 unspecified atom stereocenters. The molecule has 0 aliphatic heterocycles. The van der Waals surface area contributed by atoms with Gasteiger partial charge >= 0.3 is 6.03 Å². The van der Waals surface area contributed by atoms with Gasteiger partial charge in [-0.3, -0.25) is 15.0 Å². The number of benzene rings is 2. The first kappa shape index (κ1) is 26.6. The lowest BCUT2D eigenvalue weighted by Gasteiger charge is -2.39. The lowest BCUT2D eigenvalue weighted by Crippen LogP contribution is -2.50. The van der Waals surface area contributed by atoms with Gasteiger partial charge in [-0.05, 0) is 88.5 Å². The third-order valence-electron chi connectivity index (χ3n) is 8.21. The number of hydrogen-bond acceptors (Lipinski definition) is 5. The second-order valence-electron chi connectivity index (χ2n) is 11.0. The normalized spacial score (nSPS) is 22.4. The molecule has 2 aliphatic carbocycles. The number of nitrogens with one attached hydrogen (secondary N) is 1. The molecule has 0 radical (unpaired) electrons. The van der Waals surface area contributed by atoms with E-state index in [1.165, 1.54) is 17.7 Å². The minimum Gasteiger partial charge on any atom is -0.320 e. The maximum absolute atomic E-state index is 13.6. The first-order valence-corrected chi connectivity index (χ1v) is 13.2. The largest absolute Gasteiger partial charge is 0.322 e. The summed E-state index contributed by atoms with van der Waals surface area (Å²) in [7, 11) is 0. The van der Waals surface area contributed by atoms with Gasteiger partial charge in [0.1, 0.15) is 0 Å². The molecule has 2 aliphatic rings. The summed E-state index contributed by atoms with van der Waals surface area (Å²) in [4.78, 5) is 28.7. The van der Waals surface area contributed by atoms with Crippen LogP contribution >= 0.6 is 0 Å². The minimum absolute atomic E-state index is 0.0461. The highest BCUT2D eigenvalue weighted by Gasteiger charge is 2.58. The van der Waals surface area contributed by atoms with Crippen molar-refractivity contribution >= 4 is 17.4 Å². The van der Waals surface area contributed by atoms with Crippen molar-refractivity contribution in [2.45, 2.75) is 76.9 Å². The number of rotatable bonds is 9. The average Bonchev–Trinajstić information content (AvgIpc) is 3.61. The Bertz CT molecular complexity index is 1180. The number of nitriles is 1. The number of fused-ring (bicyclic) bond motifs is 1. The number of amides is 2. The van der Waals surface area contributed by atoms with E-state index in [1.807, 2.05) is 23.1 Å². The van der Waals surface area contributed by atoms with Gasteiger partial charge in [-0.2, -0.15) is 5.26 Å². The SMILES string of the molecule is CC(C)N(CCN(C(=O)Nc1cccc([N+](=O)[O-])c1)[C@@H]1CC[C@]2(c3cccc(C#N)c3)CC2C1)C(C)C. The van der Waals surface area contributed by atoms with Gasteiger partial charge in [-0.1, -0.05) is 18.2 Å². The molecule has 8 heteroatoms. The van der Waals surface area contributed by atoms with Crippen molar-refractivity contribution in [1.82, 2.24) is 9.80 Å². The second-order valence-corrected chi connectivity index (χ2v) is 11.0. The van der Waals surface area contributed by atoms with Gasteiger partial charge in [0.15, 0.2) is 0 Å². The van der Waals surface area contributed by atoms with E-state index in [9.17, 15) is 20.2 Å². The molecule has 1 N–H and O–H groups in total. The van der Waals surface area contributed by atoms with Crippen molar-refractivity contribution in [3.63, 3.8) is 0 Å². The molecule has 2 amide bonds. The number of carbonyl (C=O) groups is 1. The van der Waals surface area contributed by atoms with Crippen LogP contribution < -0.4 is 5.32 Å². The van der Waals surface area contributed by atoms with Crippen LogP contribution in [0.1, 0.15) is 64.5 Å². The van der Waals surface area contributed by atoms with Crippen molar-refractivity contribution in [1.29, 1.82) is 5.26 Å². The van der Waals surface area contributed by atoms with Gasteiger partial charge in [0.05, 0.1) is 16.6 Å². The fourth-order valence-corrected chi connectivity index (χ4v) is 6.22. The Morgan fingerprint density at radius 3 is 2.54 bits per heavy atom. The number of carbonyl (C=O) groups excluding carboxylic acids is 1. The summed E-state index contributed by atoms with van der Waals surface area (Å²) >= 11 is 0. The van der Waals surface area contributed by atoms with Crippen molar-refractivity contribution < 1.29 is 9.72 Å². The van der Waals surface area contributed by atoms with Crippen LogP contribution in [0.15, 0.2) is 48.5 Å². The van der Waals surface area contributed by atoms with Gasteiger partial charge in [0.2, 0.25) is 0 Å². The molecule has 2 aromatic rings. The van der Waals surface area contributed by atoms with Crippen molar-refractivity contribution in [3.8, 4) is 6.07 Å². The molecule has 2 aromatic carbocycles. The molecule has 0 saturated heterocycles. The number of nitro groups is 1. The molecule has 196 valence electrons. The van der Waals surface area contributed by atoms with E-state index in [2.05, 4.69) is 50.0 Å². The molecule has 0 heterocycles. The summed E-state index contributed by atoms with van der Waals surface area (Å²) in [6, 6.07) is 16.9. The van der Waals surface area contributed by atoms with Crippen LogP contribution in [0.25, 0.3) is 0 Å². The Morgan fingerprint density at radius 1 is 1.16 bits per heavy atom. The van der Waals surface area contributed by atoms with Gasteiger partial charge in [0, 0.05) is 49.0 Å². The summed E-state index contributed by atoms with van der Waals surface area (Å²) in [5, 5.41) is 23.5. The fourth-order valence-electron chi connectivity index (χ4n) is 6.22.